The molecule has 6 rings (SSSR count). The van der Waals surface area contributed by atoms with E-state index in [0.29, 0.717) is 75.9 Å². The van der Waals surface area contributed by atoms with Gasteiger partial charge in [0.2, 0.25) is 0 Å². The topological polar surface area (TPSA) is 126 Å². The van der Waals surface area contributed by atoms with Crippen molar-refractivity contribution in [3.63, 3.8) is 0 Å². The number of hydrogen-bond donors (Lipinski definition) is 0. The third-order valence-electron chi connectivity index (χ3n) is 11.8. The Morgan fingerprint density at radius 1 is 0.392 bits per heavy atom. The van der Waals surface area contributed by atoms with Gasteiger partial charge in [-0.15, -0.1) is 0 Å². The van der Waals surface area contributed by atoms with Crippen molar-refractivity contribution < 1.29 is 57.0 Å². The Balaban J connectivity index is 1.77. The highest BCUT2D eigenvalue weighted by Crippen LogP contribution is 2.56. The Morgan fingerprint density at radius 2 is 0.622 bits per heavy atom. The molecule has 2 aliphatic heterocycles. The molecule has 0 aromatic heterocycles. The first kappa shape index (κ1) is 59.5. The Hall–Kier alpha value is -3.74. The van der Waals surface area contributed by atoms with E-state index in [4.69, 9.17) is 47.4 Å². The summed E-state index contributed by atoms with van der Waals surface area (Å²) in [7, 11) is 0. The summed E-state index contributed by atoms with van der Waals surface area (Å²) in [4.78, 5) is 33.0. The molecule has 406 valence electrons. The highest BCUT2D eigenvalue weighted by molar-refractivity contribution is 8.01. The molecule has 12 nitrogen and oxygen atoms in total. The SMILES string of the molecule is CCOC(=O)COc1c2cc(C(C)(C)C)cc1Sc1cc(C(C)(C)C)cc3c1OCCOCCOCCOCCOCCOc1c(cc(C(C)(C)C)cc1Sc1cc(C(C)(C)C)cc(c1OCC(=O)OCC)S3)S2. The average molecular weight is 1100 g/mol. The predicted molar refractivity (Wildman–Crippen MR) is 296 cm³/mol. The van der Waals surface area contributed by atoms with E-state index in [0.717, 1.165) is 61.4 Å². The van der Waals surface area contributed by atoms with E-state index in [1.165, 1.54) is 47.0 Å². The summed E-state index contributed by atoms with van der Waals surface area (Å²) in [6.07, 6.45) is 0. The van der Waals surface area contributed by atoms with Crippen molar-refractivity contribution in [1.29, 1.82) is 0 Å². The normalized spacial score (nSPS) is 15.8. The second-order valence-corrected chi connectivity index (χ2v) is 26.3. The summed E-state index contributed by atoms with van der Waals surface area (Å²) >= 11 is 6.12. The molecule has 0 saturated heterocycles. The Labute approximate surface area is 457 Å². The van der Waals surface area contributed by atoms with E-state index in [1.807, 2.05) is 0 Å². The van der Waals surface area contributed by atoms with Crippen molar-refractivity contribution in [2.45, 2.75) is 158 Å². The average Bonchev–Trinajstić information content (AvgIpc) is 3.30. The van der Waals surface area contributed by atoms with Gasteiger partial charge in [0, 0.05) is 0 Å². The van der Waals surface area contributed by atoms with E-state index >= 15 is 0 Å². The summed E-state index contributed by atoms with van der Waals surface area (Å²) in [6, 6.07) is 17.4. The summed E-state index contributed by atoms with van der Waals surface area (Å²) < 4.78 is 62.1. The van der Waals surface area contributed by atoms with E-state index in [1.54, 1.807) is 13.8 Å². The molecular formula is C58H78O12S4. The van der Waals surface area contributed by atoms with Crippen LogP contribution >= 0.6 is 47.0 Å². The molecule has 0 radical (unpaired) electrons. The van der Waals surface area contributed by atoms with Crippen LogP contribution in [0.4, 0.5) is 0 Å². The Kier molecular flexibility index (Phi) is 21.3. The van der Waals surface area contributed by atoms with Gasteiger partial charge in [0.1, 0.15) is 36.2 Å². The number of rotatable bonds is 8. The van der Waals surface area contributed by atoms with Gasteiger partial charge in [-0.25, -0.2) is 9.59 Å². The molecule has 0 fully saturated rings. The predicted octanol–water partition coefficient (Wildman–Crippen LogP) is 13.5. The van der Waals surface area contributed by atoms with Crippen LogP contribution in [0.25, 0.3) is 0 Å². The fourth-order valence-electron chi connectivity index (χ4n) is 7.52. The first-order chi connectivity index (χ1) is 35.0. The number of esters is 2. The highest BCUT2D eigenvalue weighted by atomic mass is 32.2. The number of benzene rings is 4. The van der Waals surface area contributed by atoms with Gasteiger partial charge in [-0.1, -0.05) is 130 Å². The monoisotopic (exact) mass is 1090 g/mol. The Bertz CT molecular complexity index is 2280. The van der Waals surface area contributed by atoms with Crippen LogP contribution in [0.3, 0.4) is 0 Å². The molecule has 0 aliphatic carbocycles. The molecule has 0 unspecified atom stereocenters. The standard InChI is InChI=1S/C58H78O12S4/c1-15-65-49(59)35-69-53-45-31-39(57(9,10)11)32-46(53)72-42-28-38(56(6,7)8)30-44-52(42)68-26-24-64-22-20-62-18-17-61-19-21-63-23-25-67-51-41(71-45)27-37(55(3,4)5)29-43(51)73-47-33-40(58(12,13)14)34-48(74-44)54(47)70-36-50(60)66-16-2/h27-34H,15-26,35-36H2,1-14H3. The van der Waals surface area contributed by atoms with Gasteiger partial charge in [0.15, 0.2) is 13.2 Å². The van der Waals surface area contributed by atoms with Gasteiger partial charge in [-0.3, -0.25) is 0 Å². The minimum absolute atomic E-state index is 0.220. The number of ether oxygens (including phenoxy) is 10. The minimum atomic E-state index is -0.473. The summed E-state index contributed by atoms with van der Waals surface area (Å²) in [6.45, 7) is 33.3. The third kappa shape index (κ3) is 16.9. The van der Waals surface area contributed by atoms with Gasteiger partial charge in [0.05, 0.1) is 105 Å². The van der Waals surface area contributed by atoms with Crippen LogP contribution in [0.1, 0.15) is 119 Å². The lowest BCUT2D eigenvalue weighted by molar-refractivity contribution is -0.146. The fraction of sp³-hybridized carbons (Fsp3) is 0.552. The fourth-order valence-corrected chi connectivity index (χ4v) is 12.3. The second kappa shape index (κ2) is 26.5. The molecule has 16 heteroatoms. The number of carbonyl (C=O) groups excluding carboxylic acids is 2. The van der Waals surface area contributed by atoms with Gasteiger partial charge in [-0.05, 0) is 106 Å². The molecule has 0 amide bonds. The van der Waals surface area contributed by atoms with E-state index in [9.17, 15) is 9.59 Å². The first-order valence-electron chi connectivity index (χ1n) is 25.5. The van der Waals surface area contributed by atoms with Crippen LogP contribution in [0, 0.1) is 0 Å². The van der Waals surface area contributed by atoms with E-state index < -0.39 is 11.9 Å². The maximum Gasteiger partial charge on any atom is 0.344 e. The van der Waals surface area contributed by atoms with Gasteiger partial charge in [-0.2, -0.15) is 0 Å². The van der Waals surface area contributed by atoms with Crippen LogP contribution in [-0.2, 0) is 59.7 Å². The van der Waals surface area contributed by atoms with Gasteiger partial charge >= 0.3 is 11.9 Å². The quantitative estimate of drug-likeness (QED) is 0.137. The lowest BCUT2D eigenvalue weighted by atomic mass is 9.87. The molecule has 74 heavy (non-hydrogen) atoms. The summed E-state index contributed by atoms with van der Waals surface area (Å²) in [5, 5.41) is 0. The zero-order valence-electron chi connectivity index (χ0n) is 46.1. The van der Waals surface area contributed by atoms with Crippen LogP contribution in [0.5, 0.6) is 23.0 Å². The van der Waals surface area contributed by atoms with Crippen molar-refractivity contribution in [3.8, 4) is 23.0 Å². The number of hydrogen-bond acceptors (Lipinski definition) is 16. The maximum atomic E-state index is 13.3. The molecule has 0 saturated carbocycles. The minimum Gasteiger partial charge on any atom is -0.489 e. The zero-order valence-corrected chi connectivity index (χ0v) is 49.3. The van der Waals surface area contributed by atoms with Crippen LogP contribution < -0.4 is 18.9 Å². The lowest BCUT2D eigenvalue weighted by Crippen LogP contribution is -2.17. The number of fused-ring (bicyclic) bond motifs is 2. The number of carbonyl (C=O) groups is 2. The zero-order chi connectivity index (χ0) is 53.8. The molecule has 4 aromatic carbocycles. The molecule has 2 aliphatic rings. The third-order valence-corrected chi connectivity index (χ3v) is 16.0. The molecule has 2 heterocycles. The molecule has 4 aromatic rings. The van der Waals surface area contributed by atoms with Crippen molar-refractivity contribution in [1.82, 2.24) is 0 Å². The van der Waals surface area contributed by atoms with Crippen molar-refractivity contribution >= 4 is 59.0 Å². The van der Waals surface area contributed by atoms with Crippen molar-refractivity contribution in [2.24, 2.45) is 0 Å². The molecule has 0 N–H and O–H groups in total. The maximum absolute atomic E-state index is 13.3. The molecular weight excluding hydrogens is 1020 g/mol. The van der Waals surface area contributed by atoms with Crippen LogP contribution in [-0.4, -0.2) is 104 Å². The van der Waals surface area contributed by atoms with Crippen LogP contribution in [0.15, 0.2) is 87.7 Å². The smallest absolute Gasteiger partial charge is 0.344 e. The Morgan fingerprint density at radius 3 is 0.851 bits per heavy atom. The summed E-state index contributed by atoms with van der Waals surface area (Å²) in [5.74, 6) is 1.39. The second-order valence-electron chi connectivity index (χ2n) is 21.9. The first-order valence-corrected chi connectivity index (χ1v) is 28.8. The van der Waals surface area contributed by atoms with Crippen molar-refractivity contribution in [3.05, 3.63) is 70.8 Å². The molecule has 0 spiro atoms. The van der Waals surface area contributed by atoms with E-state index in [-0.39, 0.29) is 61.3 Å². The van der Waals surface area contributed by atoms with Gasteiger partial charge in [0.25, 0.3) is 0 Å². The molecule has 0 atom stereocenters. The lowest BCUT2D eigenvalue weighted by Gasteiger charge is -2.28. The largest absolute Gasteiger partial charge is 0.489 e. The van der Waals surface area contributed by atoms with Gasteiger partial charge < -0.3 is 47.4 Å². The summed E-state index contributed by atoms with van der Waals surface area (Å²) in [5.41, 5.74) is 3.06. The molecule has 10 bridgehead atoms. The van der Waals surface area contributed by atoms with Crippen LogP contribution in [0.2, 0.25) is 0 Å². The van der Waals surface area contributed by atoms with Crippen molar-refractivity contribution in [2.75, 3.05) is 92.5 Å². The highest BCUT2D eigenvalue weighted by Gasteiger charge is 2.31. The van der Waals surface area contributed by atoms with E-state index in [2.05, 4.69) is 132 Å².